The van der Waals surface area contributed by atoms with Gasteiger partial charge in [-0.3, -0.25) is 9.59 Å². The number of nitrogens with one attached hydrogen (secondary N) is 1. The van der Waals surface area contributed by atoms with Crippen molar-refractivity contribution in [3.63, 3.8) is 0 Å². The lowest BCUT2D eigenvalue weighted by Gasteiger charge is -2.15. The Balaban J connectivity index is 2.98. The molecular weight excluding hydrogens is 270 g/mol. The number of Topliss-reactive ketones (excluding diaryl/α,β-unsaturated/α-hetero) is 1. The highest BCUT2D eigenvalue weighted by Crippen LogP contribution is 2.32. The fraction of sp³-hybridized carbons (Fsp3) is 0.308. The molecule has 1 rings (SSSR count). The minimum atomic E-state index is -3.00. The van der Waals surface area contributed by atoms with E-state index in [0.29, 0.717) is 0 Å². The molecule has 0 aliphatic carbocycles. The highest BCUT2D eigenvalue weighted by molar-refractivity contribution is 6.67. The van der Waals surface area contributed by atoms with E-state index >= 15 is 0 Å². The highest BCUT2D eigenvalue weighted by Gasteiger charge is 2.29. The molecule has 0 atom stereocenters. The minimum Gasteiger partial charge on any atom is -0.410 e. The number of benzene rings is 1. The first-order valence-electron chi connectivity index (χ1n) is 5.84. The Morgan fingerprint density at radius 3 is 2.55 bits per heavy atom. The van der Waals surface area contributed by atoms with Gasteiger partial charge in [0, 0.05) is 24.6 Å². The van der Waals surface area contributed by atoms with Gasteiger partial charge in [0.15, 0.2) is 5.78 Å². The number of carbonyl (C=O) groups excluding carboxylic acids is 2. The number of halogens is 2. The Bertz CT molecular complexity index is 556. The second-order valence-corrected chi connectivity index (χ2v) is 4.10. The Morgan fingerprint density at radius 2 is 2.05 bits per heavy atom. The highest BCUT2D eigenvalue weighted by atomic mass is 19.3. The molecule has 0 aromatic heterocycles. The standard InChI is InChI=1S/C13H14F2N2O3/c1-3-13(14,15)9-5-4-6-10(7-9)16-12(19)11(17-20)8(2)18/h4-7,20H,3H2,1-2H3,(H,16,19). The lowest BCUT2D eigenvalue weighted by molar-refractivity contribution is -0.114. The maximum atomic E-state index is 13.5. The topological polar surface area (TPSA) is 78.8 Å². The first kappa shape index (κ1) is 15.7. The van der Waals surface area contributed by atoms with Crippen LogP contribution in [0.5, 0.6) is 0 Å². The SMILES string of the molecule is CCC(F)(F)c1cccc(NC(=O)C(=NO)C(C)=O)c1. The number of hydrogen-bond donors (Lipinski definition) is 2. The maximum absolute atomic E-state index is 13.5. The van der Waals surface area contributed by atoms with E-state index in [1.165, 1.54) is 25.1 Å². The molecule has 0 heterocycles. The smallest absolute Gasteiger partial charge is 0.281 e. The van der Waals surface area contributed by atoms with Crippen molar-refractivity contribution in [2.75, 3.05) is 5.32 Å². The van der Waals surface area contributed by atoms with Crippen molar-refractivity contribution in [2.45, 2.75) is 26.2 Å². The number of alkyl halides is 2. The number of nitrogens with zero attached hydrogens (tertiary/aromatic N) is 1. The van der Waals surface area contributed by atoms with Crippen molar-refractivity contribution in [3.8, 4) is 0 Å². The monoisotopic (exact) mass is 284 g/mol. The lowest BCUT2D eigenvalue weighted by atomic mass is 10.1. The van der Waals surface area contributed by atoms with Crippen LogP contribution in [0.3, 0.4) is 0 Å². The summed E-state index contributed by atoms with van der Waals surface area (Å²) in [4.78, 5) is 22.6. The molecule has 7 heteroatoms. The zero-order valence-electron chi connectivity index (χ0n) is 11.0. The molecule has 20 heavy (non-hydrogen) atoms. The van der Waals surface area contributed by atoms with Gasteiger partial charge in [0.05, 0.1) is 0 Å². The summed E-state index contributed by atoms with van der Waals surface area (Å²) in [5.41, 5.74) is -0.858. The fourth-order valence-electron chi connectivity index (χ4n) is 1.49. The predicted octanol–water partition coefficient (Wildman–Crippen LogP) is 2.55. The quantitative estimate of drug-likeness (QED) is 0.377. The van der Waals surface area contributed by atoms with Crippen LogP contribution in [-0.2, 0) is 15.5 Å². The molecule has 0 fully saturated rings. The van der Waals surface area contributed by atoms with Crippen molar-refractivity contribution in [1.82, 2.24) is 0 Å². The predicted molar refractivity (Wildman–Crippen MR) is 69.2 cm³/mol. The van der Waals surface area contributed by atoms with E-state index < -0.39 is 23.3 Å². The lowest BCUT2D eigenvalue weighted by Crippen LogP contribution is -2.28. The van der Waals surface area contributed by atoms with Gasteiger partial charge in [-0.15, -0.1) is 0 Å². The Labute approximate surface area is 114 Å². The molecule has 5 nitrogen and oxygen atoms in total. The van der Waals surface area contributed by atoms with Crippen molar-refractivity contribution in [1.29, 1.82) is 0 Å². The molecule has 0 unspecified atom stereocenters. The van der Waals surface area contributed by atoms with Gasteiger partial charge in [0.25, 0.3) is 11.8 Å². The third-order valence-electron chi connectivity index (χ3n) is 2.64. The average Bonchev–Trinajstić information content (AvgIpc) is 2.39. The summed E-state index contributed by atoms with van der Waals surface area (Å²) in [6.45, 7) is 2.40. The second kappa shape index (κ2) is 6.23. The molecule has 1 amide bonds. The zero-order valence-corrected chi connectivity index (χ0v) is 11.0. The Kier molecular flexibility index (Phi) is 4.90. The van der Waals surface area contributed by atoms with E-state index in [0.717, 1.165) is 13.0 Å². The third kappa shape index (κ3) is 3.59. The summed E-state index contributed by atoms with van der Waals surface area (Å²) in [7, 11) is 0. The Morgan fingerprint density at radius 1 is 1.40 bits per heavy atom. The molecule has 0 aliphatic rings. The van der Waals surface area contributed by atoms with E-state index in [4.69, 9.17) is 5.21 Å². The van der Waals surface area contributed by atoms with Gasteiger partial charge in [0.1, 0.15) is 0 Å². The van der Waals surface area contributed by atoms with E-state index in [2.05, 4.69) is 10.5 Å². The van der Waals surface area contributed by atoms with Gasteiger partial charge in [-0.25, -0.2) is 8.78 Å². The van der Waals surface area contributed by atoms with Gasteiger partial charge in [0.2, 0.25) is 5.71 Å². The first-order valence-corrected chi connectivity index (χ1v) is 5.84. The number of oxime groups is 1. The molecule has 1 aromatic carbocycles. The van der Waals surface area contributed by atoms with Gasteiger partial charge >= 0.3 is 0 Å². The summed E-state index contributed by atoms with van der Waals surface area (Å²) in [5.74, 6) is -4.70. The molecule has 0 radical (unpaired) electrons. The van der Waals surface area contributed by atoms with Gasteiger partial charge in [-0.2, -0.15) is 0 Å². The van der Waals surface area contributed by atoms with Crippen LogP contribution < -0.4 is 5.32 Å². The fourth-order valence-corrected chi connectivity index (χ4v) is 1.49. The van der Waals surface area contributed by atoms with Crippen LogP contribution in [0.4, 0.5) is 14.5 Å². The van der Waals surface area contributed by atoms with Gasteiger partial charge < -0.3 is 10.5 Å². The molecule has 1 aromatic rings. The van der Waals surface area contributed by atoms with Gasteiger partial charge in [-0.1, -0.05) is 24.2 Å². The number of anilines is 1. The largest absolute Gasteiger partial charge is 0.410 e. The van der Waals surface area contributed by atoms with Crippen molar-refractivity contribution in [2.24, 2.45) is 5.16 Å². The summed E-state index contributed by atoms with van der Waals surface area (Å²) < 4.78 is 27.0. The number of rotatable bonds is 5. The number of carbonyl (C=O) groups is 2. The molecule has 0 aliphatic heterocycles. The van der Waals surface area contributed by atoms with E-state index in [9.17, 15) is 18.4 Å². The summed E-state index contributed by atoms with van der Waals surface area (Å²) in [5, 5.41) is 13.4. The van der Waals surface area contributed by atoms with Crippen molar-refractivity contribution >= 4 is 23.1 Å². The van der Waals surface area contributed by atoms with Crippen LogP contribution in [0.2, 0.25) is 0 Å². The molecule has 0 saturated heterocycles. The average molecular weight is 284 g/mol. The Hall–Kier alpha value is -2.31. The van der Waals surface area contributed by atoms with Crippen LogP contribution in [0.25, 0.3) is 0 Å². The zero-order chi connectivity index (χ0) is 15.3. The van der Waals surface area contributed by atoms with Crippen LogP contribution >= 0.6 is 0 Å². The van der Waals surface area contributed by atoms with E-state index in [1.54, 1.807) is 0 Å². The number of amides is 1. The van der Waals surface area contributed by atoms with Crippen molar-refractivity contribution < 1.29 is 23.6 Å². The summed E-state index contributed by atoms with van der Waals surface area (Å²) in [6, 6.07) is 5.10. The molecule has 0 bridgehead atoms. The number of hydrogen-bond acceptors (Lipinski definition) is 4. The molecule has 108 valence electrons. The van der Waals surface area contributed by atoms with Crippen LogP contribution in [0.1, 0.15) is 25.8 Å². The summed E-state index contributed by atoms with van der Waals surface area (Å²) >= 11 is 0. The normalized spacial score (nSPS) is 12.1. The summed E-state index contributed by atoms with van der Waals surface area (Å²) in [6.07, 6.45) is -0.374. The van der Waals surface area contributed by atoms with Crippen LogP contribution in [0.15, 0.2) is 29.4 Å². The van der Waals surface area contributed by atoms with E-state index in [-0.39, 0.29) is 17.7 Å². The number of ketones is 1. The van der Waals surface area contributed by atoms with Gasteiger partial charge in [-0.05, 0) is 12.1 Å². The van der Waals surface area contributed by atoms with Crippen LogP contribution in [0, 0.1) is 0 Å². The molecular formula is C13H14F2N2O3. The molecule has 0 spiro atoms. The molecule has 0 saturated carbocycles. The first-order chi connectivity index (χ1) is 9.31. The van der Waals surface area contributed by atoms with Crippen LogP contribution in [-0.4, -0.2) is 22.6 Å². The third-order valence-corrected chi connectivity index (χ3v) is 2.64. The second-order valence-electron chi connectivity index (χ2n) is 4.10. The minimum absolute atomic E-state index is 0.0861. The maximum Gasteiger partial charge on any atom is 0.281 e. The van der Waals surface area contributed by atoms with Crippen molar-refractivity contribution in [3.05, 3.63) is 29.8 Å². The molecule has 2 N–H and O–H groups in total. The van der Waals surface area contributed by atoms with E-state index in [1.807, 2.05) is 0 Å².